The molecule has 0 bridgehead atoms. The van der Waals surface area contributed by atoms with E-state index in [2.05, 4.69) is 5.32 Å². The number of nitrogens with one attached hydrogen (secondary N) is 1. The van der Waals surface area contributed by atoms with Gasteiger partial charge in [0.05, 0.1) is 10.5 Å². The molecule has 0 radical (unpaired) electrons. The molecule has 1 fully saturated rings. The fourth-order valence-corrected chi connectivity index (χ4v) is 3.61. The zero-order valence-corrected chi connectivity index (χ0v) is 12.9. The molecule has 1 aliphatic heterocycles. The fraction of sp³-hybridized carbons (Fsp3) is 0.500. The summed E-state index contributed by atoms with van der Waals surface area (Å²) in [6.45, 7) is 3.01. The van der Waals surface area contributed by atoms with E-state index in [0.717, 1.165) is 24.3 Å². The molecular weight excluding hydrogens is 329 g/mol. The second-order valence-electron chi connectivity index (χ2n) is 4.74. The van der Waals surface area contributed by atoms with Gasteiger partial charge in [0.1, 0.15) is 0 Å². The van der Waals surface area contributed by atoms with Crippen molar-refractivity contribution in [2.75, 3.05) is 19.6 Å². The normalized spacial score (nSPS) is 20.9. The van der Waals surface area contributed by atoms with Gasteiger partial charge in [-0.25, -0.2) is 8.42 Å². The highest BCUT2D eigenvalue weighted by Gasteiger charge is 2.32. The Morgan fingerprint density at radius 3 is 2.29 bits per heavy atom. The molecule has 0 aromatic heterocycles. The molecule has 1 N–H and O–H groups in total. The number of nitrogens with zero attached hydrogens (tertiary/aromatic N) is 1. The van der Waals surface area contributed by atoms with E-state index in [1.807, 2.05) is 6.92 Å². The number of piperazine rings is 1. The van der Waals surface area contributed by atoms with Gasteiger partial charge in [-0.3, -0.25) is 0 Å². The summed E-state index contributed by atoms with van der Waals surface area (Å²) >= 11 is 0. The molecule has 1 aromatic rings. The Hall–Kier alpha value is -0.830. The lowest BCUT2D eigenvalue weighted by molar-refractivity contribution is -0.137. The molecule has 21 heavy (non-hydrogen) atoms. The average molecular weight is 345 g/mol. The van der Waals surface area contributed by atoms with Crippen molar-refractivity contribution in [1.29, 1.82) is 0 Å². The molecule has 0 unspecified atom stereocenters. The zero-order valence-electron chi connectivity index (χ0n) is 11.2. The van der Waals surface area contributed by atoms with E-state index in [1.165, 1.54) is 4.31 Å². The number of alkyl halides is 3. The SMILES string of the molecule is C[C@@H]1CN(S(=O)(=O)c2ccc(C(F)(F)F)cc2)CCN1.Cl. The van der Waals surface area contributed by atoms with Crippen LogP contribution < -0.4 is 5.32 Å². The Balaban J connectivity index is 0.00000220. The number of benzene rings is 1. The van der Waals surface area contributed by atoms with Crippen molar-refractivity contribution >= 4 is 22.4 Å². The first-order valence-electron chi connectivity index (χ1n) is 6.12. The molecule has 1 aromatic carbocycles. The number of sulfonamides is 1. The Morgan fingerprint density at radius 2 is 1.81 bits per heavy atom. The van der Waals surface area contributed by atoms with Crippen LogP contribution in [0.5, 0.6) is 0 Å². The van der Waals surface area contributed by atoms with E-state index in [1.54, 1.807) is 0 Å². The van der Waals surface area contributed by atoms with Crippen molar-refractivity contribution in [2.24, 2.45) is 0 Å². The van der Waals surface area contributed by atoms with Gasteiger partial charge in [-0.15, -0.1) is 12.4 Å². The van der Waals surface area contributed by atoms with Crippen molar-refractivity contribution in [3.8, 4) is 0 Å². The van der Waals surface area contributed by atoms with Crippen LogP contribution in [0.1, 0.15) is 12.5 Å². The van der Waals surface area contributed by atoms with Gasteiger partial charge in [-0.05, 0) is 31.2 Å². The highest BCUT2D eigenvalue weighted by atomic mass is 35.5. The molecule has 1 aliphatic rings. The van der Waals surface area contributed by atoms with Crippen LogP contribution in [0.25, 0.3) is 0 Å². The van der Waals surface area contributed by atoms with E-state index in [4.69, 9.17) is 0 Å². The third-order valence-electron chi connectivity index (χ3n) is 3.15. The first-order valence-corrected chi connectivity index (χ1v) is 7.56. The van der Waals surface area contributed by atoms with Gasteiger partial charge in [-0.1, -0.05) is 0 Å². The van der Waals surface area contributed by atoms with Gasteiger partial charge in [0.15, 0.2) is 0 Å². The Morgan fingerprint density at radius 1 is 1.24 bits per heavy atom. The van der Waals surface area contributed by atoms with Crippen molar-refractivity contribution in [3.05, 3.63) is 29.8 Å². The number of rotatable bonds is 2. The highest BCUT2D eigenvalue weighted by molar-refractivity contribution is 7.89. The van der Waals surface area contributed by atoms with Crippen LogP contribution in [0.15, 0.2) is 29.2 Å². The Labute approximate surface area is 127 Å². The quantitative estimate of drug-likeness (QED) is 0.894. The summed E-state index contributed by atoms with van der Waals surface area (Å²) in [5.74, 6) is 0. The molecule has 4 nitrogen and oxygen atoms in total. The maximum Gasteiger partial charge on any atom is 0.416 e. The topological polar surface area (TPSA) is 49.4 Å². The van der Waals surface area contributed by atoms with Crippen molar-refractivity contribution in [1.82, 2.24) is 9.62 Å². The summed E-state index contributed by atoms with van der Waals surface area (Å²) in [6, 6.07) is 3.61. The van der Waals surface area contributed by atoms with E-state index >= 15 is 0 Å². The first kappa shape index (κ1) is 18.2. The van der Waals surface area contributed by atoms with Crippen molar-refractivity contribution in [3.63, 3.8) is 0 Å². The number of halogens is 4. The smallest absolute Gasteiger partial charge is 0.312 e. The van der Waals surface area contributed by atoms with Gasteiger partial charge < -0.3 is 5.32 Å². The lowest BCUT2D eigenvalue weighted by atomic mass is 10.2. The van der Waals surface area contributed by atoms with Crippen LogP contribution in [0, 0.1) is 0 Å². The summed E-state index contributed by atoms with van der Waals surface area (Å²) in [7, 11) is -3.73. The van der Waals surface area contributed by atoms with Crippen molar-refractivity contribution in [2.45, 2.75) is 24.0 Å². The lowest BCUT2D eigenvalue weighted by Crippen LogP contribution is -2.51. The Bertz CT molecular complexity index is 575. The summed E-state index contributed by atoms with van der Waals surface area (Å²) in [6.07, 6.45) is -4.47. The molecule has 1 atom stereocenters. The minimum atomic E-state index is -4.47. The monoisotopic (exact) mass is 344 g/mol. The van der Waals surface area contributed by atoms with Gasteiger partial charge >= 0.3 is 6.18 Å². The van der Waals surface area contributed by atoms with Gasteiger partial charge in [0.25, 0.3) is 0 Å². The molecule has 0 spiro atoms. The second kappa shape index (κ2) is 6.51. The van der Waals surface area contributed by atoms with Crippen LogP contribution in [0.3, 0.4) is 0 Å². The third-order valence-corrected chi connectivity index (χ3v) is 5.03. The van der Waals surface area contributed by atoms with Crippen LogP contribution >= 0.6 is 12.4 Å². The lowest BCUT2D eigenvalue weighted by Gasteiger charge is -2.31. The molecule has 0 saturated carbocycles. The van der Waals surface area contributed by atoms with Crippen LogP contribution in [-0.2, 0) is 16.2 Å². The number of hydrogen-bond donors (Lipinski definition) is 1. The van der Waals surface area contributed by atoms with Gasteiger partial charge in [-0.2, -0.15) is 17.5 Å². The molecular formula is C12H16ClF3N2O2S. The minimum absolute atomic E-state index is 0. The maximum absolute atomic E-state index is 12.5. The summed E-state index contributed by atoms with van der Waals surface area (Å²) in [5, 5.41) is 3.11. The van der Waals surface area contributed by atoms with Gasteiger partial charge in [0.2, 0.25) is 10.0 Å². The highest BCUT2D eigenvalue weighted by Crippen LogP contribution is 2.30. The first-order chi connectivity index (χ1) is 9.21. The molecule has 0 amide bonds. The summed E-state index contributed by atoms with van der Waals surface area (Å²) < 4.78 is 63.3. The van der Waals surface area contributed by atoms with E-state index < -0.39 is 21.8 Å². The second-order valence-corrected chi connectivity index (χ2v) is 6.68. The Kier molecular flexibility index (Phi) is 5.65. The third kappa shape index (κ3) is 4.09. The summed E-state index contributed by atoms with van der Waals surface area (Å²) in [4.78, 5) is -0.111. The van der Waals surface area contributed by atoms with Crippen LogP contribution in [0.4, 0.5) is 13.2 Å². The molecule has 1 saturated heterocycles. The molecule has 0 aliphatic carbocycles. The van der Waals surface area contributed by atoms with E-state index in [-0.39, 0.29) is 23.3 Å². The minimum Gasteiger partial charge on any atom is -0.312 e. The standard InChI is InChI=1S/C12H15F3N2O2S.ClH/c1-9-8-17(7-6-16-9)20(18,19)11-4-2-10(3-5-11)12(13,14)15;/h2-5,9,16H,6-8H2,1H3;1H/t9-;/m1./s1. The predicted octanol–water partition coefficient (Wildman–Crippen LogP) is 2.11. The predicted molar refractivity (Wildman–Crippen MR) is 74.9 cm³/mol. The zero-order chi connectivity index (χ0) is 15.0. The number of hydrogen-bond acceptors (Lipinski definition) is 3. The van der Waals surface area contributed by atoms with Crippen LogP contribution in [0.2, 0.25) is 0 Å². The van der Waals surface area contributed by atoms with E-state index in [0.29, 0.717) is 19.6 Å². The maximum atomic E-state index is 12.5. The molecule has 9 heteroatoms. The van der Waals surface area contributed by atoms with Gasteiger partial charge in [0, 0.05) is 25.7 Å². The fourth-order valence-electron chi connectivity index (χ4n) is 2.08. The van der Waals surface area contributed by atoms with Crippen molar-refractivity contribution < 1.29 is 21.6 Å². The molecule has 1 heterocycles. The molecule has 2 rings (SSSR count). The molecule has 120 valence electrons. The van der Waals surface area contributed by atoms with E-state index in [9.17, 15) is 21.6 Å². The average Bonchev–Trinajstić information content (AvgIpc) is 2.38. The van der Waals surface area contributed by atoms with Crippen LogP contribution in [-0.4, -0.2) is 38.4 Å². The summed E-state index contributed by atoms with van der Waals surface area (Å²) in [5.41, 5.74) is -0.856. The largest absolute Gasteiger partial charge is 0.416 e.